The first kappa shape index (κ1) is 22.7. The van der Waals surface area contributed by atoms with Crippen LogP contribution in [0.3, 0.4) is 0 Å². The summed E-state index contributed by atoms with van der Waals surface area (Å²) in [5.41, 5.74) is 2.30. The molecule has 0 saturated carbocycles. The van der Waals surface area contributed by atoms with Crippen LogP contribution in [0.2, 0.25) is 0 Å². The van der Waals surface area contributed by atoms with Gasteiger partial charge in [-0.05, 0) is 35.6 Å². The van der Waals surface area contributed by atoms with E-state index in [9.17, 15) is 17.9 Å². The first-order valence-corrected chi connectivity index (χ1v) is 12.1. The van der Waals surface area contributed by atoms with Gasteiger partial charge in [0, 0.05) is 19.1 Å². The highest BCUT2D eigenvalue weighted by Crippen LogP contribution is 2.22. The van der Waals surface area contributed by atoms with E-state index in [1.54, 1.807) is 12.1 Å². The van der Waals surface area contributed by atoms with Gasteiger partial charge in [0.2, 0.25) is 0 Å². The van der Waals surface area contributed by atoms with Crippen molar-refractivity contribution in [2.24, 2.45) is 0 Å². The molecule has 7 heteroatoms. The molecule has 1 fully saturated rings. The Labute approximate surface area is 178 Å². The van der Waals surface area contributed by atoms with E-state index in [1.165, 1.54) is 17.7 Å². The van der Waals surface area contributed by atoms with Gasteiger partial charge in [0.25, 0.3) is 0 Å². The lowest BCUT2D eigenvalue weighted by Gasteiger charge is -2.30. The number of hydrogen-bond acceptors (Lipinski definition) is 5. The standard InChI is InChI=1S/C23H30FNO4S/c1-17(2)19-9-7-18(8-10-19)13-25(20-11-12-30(27,28)16-20)14-21(26)15-29-23-6-4-3-5-22(23)24/h3-10,17,20-21,26H,11-16H2,1-2H3. The van der Waals surface area contributed by atoms with E-state index in [0.29, 0.717) is 18.9 Å². The van der Waals surface area contributed by atoms with Crippen molar-refractivity contribution in [2.45, 2.75) is 44.9 Å². The van der Waals surface area contributed by atoms with Gasteiger partial charge >= 0.3 is 0 Å². The van der Waals surface area contributed by atoms with Crippen LogP contribution in [-0.4, -0.2) is 55.2 Å². The topological polar surface area (TPSA) is 66.8 Å². The van der Waals surface area contributed by atoms with Crippen molar-refractivity contribution in [3.63, 3.8) is 0 Å². The molecule has 0 spiro atoms. The largest absolute Gasteiger partial charge is 0.488 e. The number of halogens is 1. The lowest BCUT2D eigenvalue weighted by Crippen LogP contribution is -2.42. The molecule has 1 aliphatic heterocycles. The van der Waals surface area contributed by atoms with Crippen molar-refractivity contribution in [2.75, 3.05) is 24.7 Å². The van der Waals surface area contributed by atoms with Crippen molar-refractivity contribution in [3.8, 4) is 5.75 Å². The van der Waals surface area contributed by atoms with Gasteiger partial charge in [-0.15, -0.1) is 0 Å². The SMILES string of the molecule is CC(C)c1ccc(CN(CC(O)COc2ccccc2F)C2CCS(=O)(=O)C2)cc1. The zero-order valence-corrected chi connectivity index (χ0v) is 18.3. The second kappa shape index (κ2) is 9.90. The molecule has 0 aromatic heterocycles. The maximum absolute atomic E-state index is 13.7. The molecule has 2 aromatic carbocycles. The summed E-state index contributed by atoms with van der Waals surface area (Å²) in [6.45, 7) is 4.99. The fourth-order valence-electron chi connectivity index (χ4n) is 3.72. The van der Waals surface area contributed by atoms with E-state index in [0.717, 1.165) is 5.56 Å². The molecule has 0 aliphatic carbocycles. The first-order valence-electron chi connectivity index (χ1n) is 10.3. The third-order valence-corrected chi connectivity index (χ3v) is 7.22. The van der Waals surface area contributed by atoms with Crippen molar-refractivity contribution >= 4 is 9.84 Å². The zero-order chi connectivity index (χ0) is 21.7. The Hall–Kier alpha value is -1.96. The quantitative estimate of drug-likeness (QED) is 0.654. The van der Waals surface area contributed by atoms with Crippen LogP contribution >= 0.6 is 0 Å². The first-order chi connectivity index (χ1) is 14.2. The molecule has 0 radical (unpaired) electrons. The van der Waals surface area contributed by atoms with Gasteiger partial charge < -0.3 is 9.84 Å². The van der Waals surface area contributed by atoms with Crippen LogP contribution in [-0.2, 0) is 16.4 Å². The van der Waals surface area contributed by atoms with Crippen LogP contribution in [0.15, 0.2) is 48.5 Å². The van der Waals surface area contributed by atoms with Crippen LogP contribution in [0.5, 0.6) is 5.75 Å². The highest BCUT2D eigenvalue weighted by atomic mass is 32.2. The maximum atomic E-state index is 13.7. The highest BCUT2D eigenvalue weighted by molar-refractivity contribution is 7.91. The Morgan fingerprint density at radius 2 is 1.87 bits per heavy atom. The molecule has 0 amide bonds. The Balaban J connectivity index is 1.67. The second-order valence-electron chi connectivity index (χ2n) is 8.28. The molecule has 164 valence electrons. The molecule has 1 heterocycles. The van der Waals surface area contributed by atoms with Crippen LogP contribution < -0.4 is 4.74 Å². The summed E-state index contributed by atoms with van der Waals surface area (Å²) in [5.74, 6) is 0.317. The minimum atomic E-state index is -3.05. The molecule has 1 N–H and O–H groups in total. The van der Waals surface area contributed by atoms with E-state index < -0.39 is 21.8 Å². The number of ether oxygens (including phenoxy) is 1. The molecule has 2 aromatic rings. The molecule has 2 unspecified atom stereocenters. The average Bonchev–Trinajstić information content (AvgIpc) is 3.07. The third kappa shape index (κ3) is 6.27. The average molecular weight is 436 g/mol. The van der Waals surface area contributed by atoms with Crippen molar-refractivity contribution in [1.82, 2.24) is 4.90 Å². The molecule has 3 rings (SSSR count). The van der Waals surface area contributed by atoms with Gasteiger partial charge in [0.1, 0.15) is 12.7 Å². The van der Waals surface area contributed by atoms with Crippen molar-refractivity contribution < 1.29 is 22.7 Å². The Morgan fingerprint density at radius 1 is 1.17 bits per heavy atom. The molecule has 1 aliphatic rings. The van der Waals surface area contributed by atoms with Crippen LogP contribution in [0, 0.1) is 5.82 Å². The molecule has 0 bridgehead atoms. The minimum Gasteiger partial charge on any atom is -0.488 e. The van der Waals surface area contributed by atoms with Crippen LogP contribution in [0.1, 0.15) is 37.3 Å². The van der Waals surface area contributed by atoms with Gasteiger partial charge in [-0.25, -0.2) is 12.8 Å². The van der Waals surface area contributed by atoms with Crippen molar-refractivity contribution in [3.05, 3.63) is 65.5 Å². The van der Waals surface area contributed by atoms with E-state index >= 15 is 0 Å². The lowest BCUT2D eigenvalue weighted by atomic mass is 10.0. The zero-order valence-electron chi connectivity index (χ0n) is 17.5. The Morgan fingerprint density at radius 3 is 2.47 bits per heavy atom. The number of aliphatic hydroxyl groups excluding tert-OH is 1. The minimum absolute atomic E-state index is 0.0663. The molecular formula is C23H30FNO4S. The van der Waals surface area contributed by atoms with Crippen LogP contribution in [0.25, 0.3) is 0 Å². The summed E-state index contributed by atoms with van der Waals surface area (Å²) in [7, 11) is -3.05. The van der Waals surface area contributed by atoms with Crippen molar-refractivity contribution in [1.29, 1.82) is 0 Å². The maximum Gasteiger partial charge on any atom is 0.165 e. The molecule has 30 heavy (non-hydrogen) atoms. The molecular weight excluding hydrogens is 405 g/mol. The Bertz CT molecular complexity index is 930. The summed E-state index contributed by atoms with van der Waals surface area (Å²) in [5, 5.41) is 10.5. The molecule has 1 saturated heterocycles. The summed E-state index contributed by atoms with van der Waals surface area (Å²) in [4.78, 5) is 2.00. The monoisotopic (exact) mass is 435 g/mol. The summed E-state index contributed by atoms with van der Waals surface area (Å²) in [6.07, 6.45) is -0.323. The summed E-state index contributed by atoms with van der Waals surface area (Å²) in [6, 6.07) is 14.2. The van der Waals surface area contributed by atoms with E-state index in [4.69, 9.17) is 4.74 Å². The normalized spacial score (nSPS) is 19.3. The van der Waals surface area contributed by atoms with E-state index in [-0.39, 0.29) is 36.4 Å². The second-order valence-corrected chi connectivity index (χ2v) is 10.5. The fourth-order valence-corrected chi connectivity index (χ4v) is 5.48. The number of rotatable bonds is 9. The van der Waals surface area contributed by atoms with Crippen LogP contribution in [0.4, 0.5) is 4.39 Å². The third-order valence-electron chi connectivity index (χ3n) is 5.47. The molecule has 5 nitrogen and oxygen atoms in total. The predicted molar refractivity (Wildman–Crippen MR) is 116 cm³/mol. The van der Waals surface area contributed by atoms with Gasteiger partial charge in [0.15, 0.2) is 21.4 Å². The number of para-hydroxylation sites is 1. The fraction of sp³-hybridized carbons (Fsp3) is 0.478. The molecule has 2 atom stereocenters. The summed E-state index contributed by atoms with van der Waals surface area (Å²) >= 11 is 0. The number of sulfone groups is 1. The van der Waals surface area contributed by atoms with E-state index in [2.05, 4.69) is 26.0 Å². The van der Waals surface area contributed by atoms with Gasteiger partial charge in [-0.3, -0.25) is 4.90 Å². The number of benzene rings is 2. The Kier molecular flexibility index (Phi) is 7.50. The number of aliphatic hydroxyl groups is 1. The van der Waals surface area contributed by atoms with Gasteiger partial charge in [0.05, 0.1) is 11.5 Å². The predicted octanol–water partition coefficient (Wildman–Crippen LogP) is 3.38. The lowest BCUT2D eigenvalue weighted by molar-refractivity contribution is 0.0513. The van der Waals surface area contributed by atoms with Gasteiger partial charge in [-0.1, -0.05) is 50.2 Å². The highest BCUT2D eigenvalue weighted by Gasteiger charge is 2.33. The number of hydrogen-bond donors (Lipinski definition) is 1. The smallest absolute Gasteiger partial charge is 0.165 e. The van der Waals surface area contributed by atoms with Gasteiger partial charge in [-0.2, -0.15) is 0 Å². The van der Waals surface area contributed by atoms with E-state index in [1.807, 2.05) is 17.0 Å². The number of nitrogens with zero attached hydrogens (tertiary/aromatic N) is 1. The summed E-state index contributed by atoms with van der Waals surface area (Å²) < 4.78 is 43.1.